The molecule has 0 spiro atoms. The number of nitrogens with zero attached hydrogens (tertiary/aromatic N) is 2. The molecular weight excluding hydrogens is 337 g/mol. The second-order valence-electron chi connectivity index (χ2n) is 6.84. The van der Waals surface area contributed by atoms with Gasteiger partial charge in [0.1, 0.15) is 11.9 Å². The number of carbonyl (C=O) groups is 2. The molecule has 2 aliphatic heterocycles. The highest BCUT2D eigenvalue weighted by atomic mass is 19.1. The van der Waals surface area contributed by atoms with Crippen LogP contribution in [0.4, 0.5) is 4.39 Å². The number of carbonyl (C=O) groups excluding carboxylic acids is 2. The minimum absolute atomic E-state index is 0.180. The molecule has 140 valence electrons. The fraction of sp³-hybridized carbons (Fsp3) is 0.526. The second-order valence-corrected chi connectivity index (χ2v) is 6.84. The quantitative estimate of drug-likeness (QED) is 0.662. The molecule has 2 heterocycles. The van der Waals surface area contributed by atoms with Gasteiger partial charge in [-0.25, -0.2) is 9.38 Å². The Morgan fingerprint density at radius 3 is 2.58 bits per heavy atom. The van der Waals surface area contributed by atoms with Crippen LogP contribution in [0, 0.1) is 17.7 Å². The van der Waals surface area contributed by atoms with Gasteiger partial charge in [-0.3, -0.25) is 14.9 Å². The zero-order valence-electron chi connectivity index (χ0n) is 15.1. The lowest BCUT2D eigenvalue weighted by Gasteiger charge is -2.36. The first kappa shape index (κ1) is 18.4. The lowest BCUT2D eigenvalue weighted by Crippen LogP contribution is -2.54. The van der Waals surface area contributed by atoms with Crippen LogP contribution in [0.5, 0.6) is 0 Å². The Labute approximate surface area is 152 Å². The highest BCUT2D eigenvalue weighted by molar-refractivity contribution is 6.08. The minimum atomic E-state index is -1.08. The molecule has 0 saturated carbocycles. The monoisotopic (exact) mass is 361 g/mol. The number of hydrogen-bond donors (Lipinski definition) is 1. The molecule has 0 aliphatic carbocycles. The van der Waals surface area contributed by atoms with Gasteiger partial charge in [0.2, 0.25) is 11.9 Å². The number of aliphatic imine (C=N–C) groups is 1. The molecule has 2 aliphatic rings. The number of benzene rings is 1. The molecule has 6 nitrogen and oxygen atoms in total. The molecule has 1 fully saturated rings. The number of guanidine groups is 1. The first-order valence-corrected chi connectivity index (χ1v) is 9.05. The van der Waals surface area contributed by atoms with Gasteiger partial charge in [-0.05, 0) is 43.4 Å². The number of hydrogen-bond acceptors (Lipinski definition) is 5. The van der Waals surface area contributed by atoms with Crippen molar-refractivity contribution in [1.29, 1.82) is 0 Å². The molecule has 3 rings (SSSR count). The van der Waals surface area contributed by atoms with E-state index in [-0.39, 0.29) is 12.4 Å². The van der Waals surface area contributed by atoms with Gasteiger partial charge in [-0.1, -0.05) is 19.1 Å². The summed E-state index contributed by atoms with van der Waals surface area (Å²) in [7, 11) is 0. The maximum Gasteiger partial charge on any atom is 0.321 e. The predicted molar refractivity (Wildman–Crippen MR) is 94.8 cm³/mol. The summed E-state index contributed by atoms with van der Waals surface area (Å²) in [5.41, 5.74) is 0.613. The number of piperidine rings is 1. The third kappa shape index (κ3) is 3.86. The van der Waals surface area contributed by atoms with Gasteiger partial charge in [0.25, 0.3) is 0 Å². The van der Waals surface area contributed by atoms with Crippen molar-refractivity contribution in [2.45, 2.75) is 32.7 Å². The summed E-state index contributed by atoms with van der Waals surface area (Å²) in [4.78, 5) is 31.7. The van der Waals surface area contributed by atoms with E-state index in [4.69, 9.17) is 4.74 Å². The number of rotatable bonds is 3. The third-order valence-corrected chi connectivity index (χ3v) is 4.93. The molecular formula is C19H24FN3O3. The smallest absolute Gasteiger partial charge is 0.321 e. The van der Waals surface area contributed by atoms with E-state index in [1.54, 1.807) is 19.1 Å². The van der Waals surface area contributed by atoms with Crippen molar-refractivity contribution in [3.05, 3.63) is 35.6 Å². The first-order chi connectivity index (χ1) is 12.5. The molecule has 1 N–H and O–H groups in total. The van der Waals surface area contributed by atoms with Gasteiger partial charge >= 0.3 is 5.97 Å². The maximum absolute atomic E-state index is 13.3. The van der Waals surface area contributed by atoms with E-state index in [1.807, 2.05) is 4.90 Å². The Morgan fingerprint density at radius 2 is 1.96 bits per heavy atom. The molecule has 1 aromatic carbocycles. The Hall–Kier alpha value is -2.44. The van der Waals surface area contributed by atoms with E-state index in [0.29, 0.717) is 17.4 Å². The van der Waals surface area contributed by atoms with Gasteiger partial charge < -0.3 is 9.64 Å². The van der Waals surface area contributed by atoms with E-state index < -0.39 is 23.8 Å². The molecule has 1 saturated heterocycles. The van der Waals surface area contributed by atoms with Crippen LogP contribution in [0.3, 0.4) is 0 Å². The van der Waals surface area contributed by atoms with Crippen LogP contribution in [0.25, 0.3) is 0 Å². The molecule has 0 unspecified atom stereocenters. The summed E-state index contributed by atoms with van der Waals surface area (Å²) < 4.78 is 18.4. The van der Waals surface area contributed by atoms with Crippen molar-refractivity contribution >= 4 is 17.8 Å². The molecule has 1 aromatic rings. The third-order valence-electron chi connectivity index (χ3n) is 4.93. The number of amides is 1. The lowest BCUT2D eigenvalue weighted by molar-refractivity contribution is -0.153. The number of likely N-dealkylation sites (tertiary alicyclic amines) is 1. The molecule has 1 amide bonds. The lowest BCUT2D eigenvalue weighted by atomic mass is 9.91. The normalized spacial score (nSPS) is 24.0. The Kier molecular flexibility index (Phi) is 5.54. The van der Waals surface area contributed by atoms with E-state index in [9.17, 15) is 14.0 Å². The van der Waals surface area contributed by atoms with Crippen LogP contribution in [0.15, 0.2) is 29.3 Å². The van der Waals surface area contributed by atoms with Crippen molar-refractivity contribution < 1.29 is 18.7 Å². The molecule has 0 aromatic heterocycles. The summed E-state index contributed by atoms with van der Waals surface area (Å²) in [6.45, 7) is 5.69. The van der Waals surface area contributed by atoms with Crippen molar-refractivity contribution in [2.75, 3.05) is 19.7 Å². The highest BCUT2D eigenvalue weighted by Crippen LogP contribution is 2.31. The second kappa shape index (κ2) is 7.85. The van der Waals surface area contributed by atoms with Crippen LogP contribution < -0.4 is 5.32 Å². The Balaban J connectivity index is 1.93. The van der Waals surface area contributed by atoms with Gasteiger partial charge in [-0.2, -0.15) is 0 Å². The maximum atomic E-state index is 13.3. The Bertz CT molecular complexity index is 696. The van der Waals surface area contributed by atoms with E-state index in [1.165, 1.54) is 12.1 Å². The fourth-order valence-electron chi connectivity index (χ4n) is 3.35. The van der Waals surface area contributed by atoms with Gasteiger partial charge in [0.05, 0.1) is 6.61 Å². The standard InChI is InChI=1S/C19H24FN3O3/c1-3-26-18(25)15-16(13-4-6-14(20)7-5-13)21-19(22-17(15)24)23-10-8-12(2)9-11-23/h4-7,12,15-16H,3,8-11H2,1-2H3,(H,21,22,24)/t15-,16+/m0/s1. The van der Waals surface area contributed by atoms with Crippen molar-refractivity contribution in [1.82, 2.24) is 10.2 Å². The number of halogens is 1. The number of ether oxygens (including phenoxy) is 1. The van der Waals surface area contributed by atoms with E-state index in [0.717, 1.165) is 25.9 Å². The average Bonchev–Trinajstić information content (AvgIpc) is 2.62. The van der Waals surface area contributed by atoms with Crippen LogP contribution in [-0.4, -0.2) is 42.4 Å². The minimum Gasteiger partial charge on any atom is -0.465 e. The largest absolute Gasteiger partial charge is 0.465 e. The summed E-state index contributed by atoms with van der Waals surface area (Å²) in [5.74, 6) is -1.37. The van der Waals surface area contributed by atoms with Gasteiger partial charge in [0, 0.05) is 13.1 Å². The van der Waals surface area contributed by atoms with Crippen LogP contribution in [0.2, 0.25) is 0 Å². The SMILES string of the molecule is CCOC(=O)[C@@H]1C(=O)NC(N2CCC(C)CC2)=N[C@@H]1c1ccc(F)cc1. The summed E-state index contributed by atoms with van der Waals surface area (Å²) in [6, 6.07) is 5.01. The van der Waals surface area contributed by atoms with Crippen molar-refractivity contribution in [3.8, 4) is 0 Å². The predicted octanol–water partition coefficient (Wildman–Crippen LogP) is 2.26. The summed E-state index contributed by atoms with van der Waals surface area (Å²) in [5, 5.41) is 2.76. The highest BCUT2D eigenvalue weighted by Gasteiger charge is 2.42. The average molecular weight is 361 g/mol. The molecule has 0 radical (unpaired) electrons. The first-order valence-electron chi connectivity index (χ1n) is 9.05. The van der Waals surface area contributed by atoms with E-state index in [2.05, 4.69) is 17.2 Å². The van der Waals surface area contributed by atoms with Gasteiger partial charge in [-0.15, -0.1) is 0 Å². The number of nitrogens with one attached hydrogen (secondary N) is 1. The summed E-state index contributed by atoms with van der Waals surface area (Å²) >= 11 is 0. The molecule has 7 heteroatoms. The number of esters is 1. The Morgan fingerprint density at radius 1 is 1.31 bits per heavy atom. The topological polar surface area (TPSA) is 71.0 Å². The fourth-order valence-corrected chi connectivity index (χ4v) is 3.35. The van der Waals surface area contributed by atoms with Crippen molar-refractivity contribution in [2.24, 2.45) is 16.8 Å². The summed E-state index contributed by atoms with van der Waals surface area (Å²) in [6.07, 6.45) is 2.05. The van der Waals surface area contributed by atoms with Gasteiger partial charge in [0.15, 0.2) is 5.92 Å². The molecule has 2 atom stereocenters. The van der Waals surface area contributed by atoms with Crippen LogP contribution in [-0.2, 0) is 14.3 Å². The van der Waals surface area contributed by atoms with E-state index >= 15 is 0 Å². The zero-order chi connectivity index (χ0) is 18.7. The molecule has 0 bridgehead atoms. The van der Waals surface area contributed by atoms with Crippen molar-refractivity contribution in [3.63, 3.8) is 0 Å². The van der Waals surface area contributed by atoms with Crippen LogP contribution >= 0.6 is 0 Å². The molecule has 26 heavy (non-hydrogen) atoms. The van der Waals surface area contributed by atoms with Crippen LogP contribution in [0.1, 0.15) is 38.3 Å². The zero-order valence-corrected chi connectivity index (χ0v) is 15.1.